The fourth-order valence-corrected chi connectivity index (χ4v) is 3.16. The number of ether oxygens (including phenoxy) is 2. The third-order valence-corrected chi connectivity index (χ3v) is 4.63. The molecule has 0 saturated heterocycles. The van der Waals surface area contributed by atoms with Crippen LogP contribution in [0.2, 0.25) is 5.02 Å². The highest BCUT2D eigenvalue weighted by atomic mass is 35.5. The Morgan fingerprint density at radius 3 is 2.81 bits per heavy atom. The highest BCUT2D eigenvalue weighted by Crippen LogP contribution is 2.49. The zero-order valence-electron chi connectivity index (χ0n) is 14.5. The van der Waals surface area contributed by atoms with E-state index in [4.69, 9.17) is 21.1 Å². The van der Waals surface area contributed by atoms with Gasteiger partial charge < -0.3 is 14.8 Å². The molecular formula is C20H21ClFNO3. The van der Waals surface area contributed by atoms with Crippen LogP contribution < -0.4 is 10.1 Å². The summed E-state index contributed by atoms with van der Waals surface area (Å²) in [5, 5.41) is 3.28. The van der Waals surface area contributed by atoms with Gasteiger partial charge in [0.2, 0.25) is 5.91 Å². The van der Waals surface area contributed by atoms with Crippen molar-refractivity contribution in [3.63, 3.8) is 0 Å². The molecule has 1 N–H and O–H groups in total. The van der Waals surface area contributed by atoms with Crippen LogP contribution in [-0.4, -0.2) is 25.7 Å². The molecule has 138 valence electrons. The van der Waals surface area contributed by atoms with Crippen molar-refractivity contribution in [3.8, 4) is 5.75 Å². The van der Waals surface area contributed by atoms with Crippen LogP contribution in [-0.2, 0) is 9.53 Å². The molecule has 3 rings (SSSR count). The van der Waals surface area contributed by atoms with Crippen LogP contribution in [0.1, 0.15) is 24.8 Å². The number of carbonyl (C=O) groups is 1. The van der Waals surface area contributed by atoms with Gasteiger partial charge in [-0.05, 0) is 43.0 Å². The summed E-state index contributed by atoms with van der Waals surface area (Å²) in [6.07, 6.45) is 0.633. The minimum atomic E-state index is -0.268. The summed E-state index contributed by atoms with van der Waals surface area (Å²) in [5.41, 5.74) is 1.10. The van der Waals surface area contributed by atoms with E-state index < -0.39 is 0 Å². The zero-order valence-corrected chi connectivity index (χ0v) is 15.3. The molecule has 26 heavy (non-hydrogen) atoms. The first-order valence-electron chi connectivity index (χ1n) is 8.66. The summed E-state index contributed by atoms with van der Waals surface area (Å²) < 4.78 is 24.8. The van der Waals surface area contributed by atoms with E-state index in [1.165, 1.54) is 6.07 Å². The summed E-state index contributed by atoms with van der Waals surface area (Å²) in [7, 11) is 0. The van der Waals surface area contributed by atoms with Crippen LogP contribution in [0.5, 0.6) is 5.75 Å². The number of hydrogen-bond acceptors (Lipinski definition) is 3. The first-order valence-corrected chi connectivity index (χ1v) is 9.04. The van der Waals surface area contributed by atoms with E-state index in [-0.39, 0.29) is 23.6 Å². The summed E-state index contributed by atoms with van der Waals surface area (Å²) in [6.45, 7) is 3.28. The lowest BCUT2D eigenvalue weighted by Crippen LogP contribution is -2.16. The first-order chi connectivity index (χ1) is 12.6. The molecule has 0 aliphatic heterocycles. The van der Waals surface area contributed by atoms with Crippen LogP contribution in [0.15, 0.2) is 42.5 Å². The maximum absolute atomic E-state index is 13.9. The molecule has 6 heteroatoms. The highest BCUT2D eigenvalue weighted by molar-refractivity contribution is 6.32. The van der Waals surface area contributed by atoms with Crippen molar-refractivity contribution in [2.45, 2.75) is 19.3 Å². The van der Waals surface area contributed by atoms with Gasteiger partial charge in [-0.1, -0.05) is 35.9 Å². The number of benzene rings is 2. The normalized spacial score (nSPS) is 18.4. The molecule has 2 atom stereocenters. The number of amides is 1. The summed E-state index contributed by atoms with van der Waals surface area (Å²) >= 11 is 6.20. The number of nitrogens with one attached hydrogen (secondary N) is 1. The van der Waals surface area contributed by atoms with Gasteiger partial charge in [0.15, 0.2) is 5.75 Å². The fraction of sp³-hybridized carbons (Fsp3) is 0.350. The third-order valence-electron chi connectivity index (χ3n) is 4.33. The standard InChI is InChI=1S/C20H21ClFNO3/c1-2-25-10-11-26-19-16(21)7-5-9-18(19)23-20(24)15-12-14(15)13-6-3-4-8-17(13)22/h3-9,14-15H,2,10-12H2,1H3,(H,23,24). The summed E-state index contributed by atoms with van der Waals surface area (Å²) in [5.74, 6) is -0.337. The van der Waals surface area contributed by atoms with Gasteiger partial charge in [0.25, 0.3) is 0 Å². The molecule has 0 bridgehead atoms. The van der Waals surface area contributed by atoms with Crippen LogP contribution in [0.25, 0.3) is 0 Å². The van der Waals surface area contributed by atoms with Crippen molar-refractivity contribution in [1.29, 1.82) is 0 Å². The van der Waals surface area contributed by atoms with Crippen molar-refractivity contribution in [1.82, 2.24) is 0 Å². The molecule has 1 saturated carbocycles. The summed E-state index contributed by atoms with van der Waals surface area (Å²) in [4.78, 5) is 12.6. The third kappa shape index (κ3) is 4.34. The van der Waals surface area contributed by atoms with Crippen LogP contribution in [0, 0.1) is 11.7 Å². The van der Waals surface area contributed by atoms with E-state index in [1.807, 2.05) is 6.92 Å². The number of rotatable bonds is 8. The highest BCUT2D eigenvalue weighted by Gasteiger charge is 2.45. The predicted molar refractivity (Wildman–Crippen MR) is 99.3 cm³/mol. The predicted octanol–water partition coefficient (Wildman–Crippen LogP) is 4.64. The van der Waals surface area contributed by atoms with Crippen molar-refractivity contribution in [2.24, 2.45) is 5.92 Å². The Kier molecular flexibility index (Phi) is 6.12. The van der Waals surface area contributed by atoms with Crippen LogP contribution >= 0.6 is 11.6 Å². The van der Waals surface area contributed by atoms with Gasteiger partial charge in [-0.2, -0.15) is 0 Å². The van der Waals surface area contributed by atoms with Crippen molar-refractivity contribution in [3.05, 3.63) is 58.9 Å². The van der Waals surface area contributed by atoms with Gasteiger partial charge >= 0.3 is 0 Å². The molecule has 1 aliphatic rings. The minimum Gasteiger partial charge on any atom is -0.487 e. The van der Waals surface area contributed by atoms with E-state index in [0.29, 0.717) is 48.3 Å². The molecule has 0 heterocycles. The van der Waals surface area contributed by atoms with Gasteiger partial charge in [-0.25, -0.2) is 4.39 Å². The molecule has 1 amide bonds. The van der Waals surface area contributed by atoms with Gasteiger partial charge in [0.05, 0.1) is 17.3 Å². The average Bonchev–Trinajstić information content (AvgIpc) is 3.41. The van der Waals surface area contributed by atoms with Gasteiger partial charge in [0.1, 0.15) is 12.4 Å². The van der Waals surface area contributed by atoms with E-state index in [9.17, 15) is 9.18 Å². The lowest BCUT2D eigenvalue weighted by atomic mass is 10.1. The molecule has 2 aromatic carbocycles. The second kappa shape index (κ2) is 8.52. The van der Waals surface area contributed by atoms with Crippen LogP contribution in [0.3, 0.4) is 0 Å². The molecule has 2 unspecified atom stereocenters. The molecule has 1 aliphatic carbocycles. The van der Waals surface area contributed by atoms with E-state index >= 15 is 0 Å². The Morgan fingerprint density at radius 1 is 1.23 bits per heavy atom. The maximum atomic E-state index is 13.9. The Hall–Kier alpha value is -2.11. The molecular weight excluding hydrogens is 357 g/mol. The lowest BCUT2D eigenvalue weighted by molar-refractivity contribution is -0.117. The van der Waals surface area contributed by atoms with Crippen molar-refractivity contribution < 1.29 is 18.7 Å². The van der Waals surface area contributed by atoms with Crippen molar-refractivity contribution in [2.75, 3.05) is 25.1 Å². The zero-order chi connectivity index (χ0) is 18.5. The minimum absolute atomic E-state index is 0.0855. The number of anilines is 1. The first kappa shape index (κ1) is 18.7. The van der Waals surface area contributed by atoms with Gasteiger partial charge in [-0.3, -0.25) is 4.79 Å². The molecule has 0 radical (unpaired) electrons. The largest absolute Gasteiger partial charge is 0.487 e. The van der Waals surface area contributed by atoms with E-state index in [0.717, 1.165) is 0 Å². The number of carbonyl (C=O) groups excluding carboxylic acids is 1. The monoisotopic (exact) mass is 377 g/mol. The lowest BCUT2D eigenvalue weighted by Gasteiger charge is -2.14. The average molecular weight is 378 g/mol. The molecule has 4 nitrogen and oxygen atoms in total. The van der Waals surface area contributed by atoms with Gasteiger partial charge in [-0.15, -0.1) is 0 Å². The smallest absolute Gasteiger partial charge is 0.228 e. The fourth-order valence-electron chi connectivity index (χ4n) is 2.93. The Labute approximate surface area is 157 Å². The quantitative estimate of drug-likeness (QED) is 0.682. The Balaban J connectivity index is 1.65. The van der Waals surface area contributed by atoms with E-state index in [1.54, 1.807) is 36.4 Å². The Bertz CT molecular complexity index is 783. The second-order valence-electron chi connectivity index (χ2n) is 6.12. The Morgan fingerprint density at radius 2 is 2.04 bits per heavy atom. The maximum Gasteiger partial charge on any atom is 0.228 e. The SMILES string of the molecule is CCOCCOc1c(Cl)cccc1NC(=O)C1CC1c1ccccc1F. The number of para-hydroxylation sites is 1. The van der Waals surface area contributed by atoms with E-state index in [2.05, 4.69) is 5.32 Å². The molecule has 2 aromatic rings. The van der Waals surface area contributed by atoms with Crippen molar-refractivity contribution >= 4 is 23.2 Å². The molecule has 0 aromatic heterocycles. The topological polar surface area (TPSA) is 47.6 Å². The molecule has 0 spiro atoms. The number of halogens is 2. The molecule has 1 fully saturated rings. The number of hydrogen-bond donors (Lipinski definition) is 1. The second-order valence-corrected chi connectivity index (χ2v) is 6.53. The summed E-state index contributed by atoms with van der Waals surface area (Å²) in [6, 6.07) is 11.8. The van der Waals surface area contributed by atoms with Gasteiger partial charge in [0, 0.05) is 12.5 Å². The van der Waals surface area contributed by atoms with Crippen LogP contribution in [0.4, 0.5) is 10.1 Å².